The maximum atomic E-state index is 11.6. The first-order chi connectivity index (χ1) is 11.5. The van der Waals surface area contributed by atoms with Crippen molar-refractivity contribution < 1.29 is 14.3 Å². The van der Waals surface area contributed by atoms with Crippen molar-refractivity contribution in [2.24, 2.45) is 0 Å². The van der Waals surface area contributed by atoms with E-state index in [1.54, 1.807) is 14.0 Å². The minimum atomic E-state index is -0.422. The van der Waals surface area contributed by atoms with Gasteiger partial charge in [0.1, 0.15) is 11.9 Å². The van der Waals surface area contributed by atoms with Gasteiger partial charge >= 0.3 is 5.97 Å². The summed E-state index contributed by atoms with van der Waals surface area (Å²) < 4.78 is 11.5. The van der Waals surface area contributed by atoms with Crippen molar-refractivity contribution in [2.45, 2.75) is 39.0 Å². The lowest BCUT2D eigenvalue weighted by Gasteiger charge is -2.24. The Balaban J connectivity index is 2.15. The molecule has 0 saturated heterocycles. The highest BCUT2D eigenvalue weighted by atomic mass is 35.5. The molecular weight excluding hydrogens is 346 g/mol. The number of hydrogen-bond donors (Lipinski definition) is 1. The molecule has 1 aromatic heterocycles. The molecule has 2 atom stereocenters. The minimum absolute atomic E-state index is 0.243. The lowest BCUT2D eigenvalue weighted by molar-refractivity contribution is -0.151. The summed E-state index contributed by atoms with van der Waals surface area (Å²) in [5.74, 6) is 0.527. The van der Waals surface area contributed by atoms with Crippen molar-refractivity contribution in [1.82, 2.24) is 5.32 Å². The van der Waals surface area contributed by atoms with Crippen LogP contribution in [-0.2, 0) is 9.53 Å². The lowest BCUT2D eigenvalue weighted by Crippen LogP contribution is -2.33. The zero-order chi connectivity index (χ0) is 17.5. The Kier molecular flexibility index (Phi) is 7.09. The van der Waals surface area contributed by atoms with Crippen molar-refractivity contribution in [2.75, 3.05) is 7.05 Å². The first-order valence-electron chi connectivity index (χ1n) is 7.85. The zero-order valence-electron chi connectivity index (χ0n) is 14.0. The van der Waals surface area contributed by atoms with Gasteiger partial charge < -0.3 is 9.47 Å². The summed E-state index contributed by atoms with van der Waals surface area (Å²) in [6.07, 6.45) is 0.153. The number of rotatable bonds is 8. The monoisotopic (exact) mass is 367 g/mol. The Labute approximate surface area is 151 Å². The van der Waals surface area contributed by atoms with Crippen LogP contribution in [0.3, 0.4) is 0 Å². The molecule has 6 heteroatoms. The van der Waals surface area contributed by atoms with Crippen LogP contribution in [0.5, 0.6) is 5.75 Å². The summed E-state index contributed by atoms with van der Waals surface area (Å²) in [6.45, 7) is 3.80. The average molecular weight is 368 g/mol. The Bertz CT molecular complexity index is 657. The standard InChI is InChI=1S/C18H22ClNO3S/c1-4-18(21)23-17(20-3)10-15(16-9-13(19)11-24-16)22-14-7-5-12(2)6-8-14/h5-9,11,15,17,20H,4,10H2,1-3H3. The Morgan fingerprint density at radius 3 is 2.58 bits per heavy atom. The highest BCUT2D eigenvalue weighted by Gasteiger charge is 2.23. The number of thiophene rings is 1. The van der Waals surface area contributed by atoms with E-state index in [0.717, 1.165) is 10.6 Å². The first-order valence-corrected chi connectivity index (χ1v) is 9.11. The minimum Gasteiger partial charge on any atom is -0.485 e. The molecule has 2 rings (SSSR count). The van der Waals surface area contributed by atoms with Gasteiger partial charge in [0.25, 0.3) is 0 Å². The average Bonchev–Trinajstić information content (AvgIpc) is 3.01. The number of carbonyl (C=O) groups is 1. The molecular formula is C18H22ClNO3S. The molecule has 0 aliphatic heterocycles. The molecule has 1 heterocycles. The third-order valence-electron chi connectivity index (χ3n) is 3.52. The molecule has 0 amide bonds. The molecule has 0 spiro atoms. The molecule has 2 unspecified atom stereocenters. The second kappa shape index (κ2) is 9.06. The Hall–Kier alpha value is -1.56. The van der Waals surface area contributed by atoms with Gasteiger partial charge in [-0.25, -0.2) is 0 Å². The van der Waals surface area contributed by atoms with Crippen molar-refractivity contribution >= 4 is 28.9 Å². The Morgan fingerprint density at radius 2 is 2.04 bits per heavy atom. The van der Waals surface area contributed by atoms with Gasteiger partial charge in [-0.2, -0.15) is 0 Å². The van der Waals surface area contributed by atoms with Crippen LogP contribution >= 0.6 is 22.9 Å². The fourth-order valence-electron chi connectivity index (χ4n) is 2.16. The summed E-state index contributed by atoms with van der Waals surface area (Å²) >= 11 is 7.59. The fourth-order valence-corrected chi connectivity index (χ4v) is 3.29. The largest absolute Gasteiger partial charge is 0.485 e. The van der Waals surface area contributed by atoms with E-state index in [2.05, 4.69) is 5.32 Å². The normalized spacial score (nSPS) is 13.3. The van der Waals surface area contributed by atoms with Gasteiger partial charge in [0.05, 0.1) is 5.02 Å². The number of ether oxygens (including phenoxy) is 2. The van der Waals surface area contributed by atoms with E-state index in [1.807, 2.05) is 42.6 Å². The molecule has 1 aromatic carbocycles. The second-order valence-electron chi connectivity index (χ2n) is 5.44. The molecule has 0 bridgehead atoms. The smallest absolute Gasteiger partial charge is 0.307 e. The highest BCUT2D eigenvalue weighted by Crippen LogP contribution is 2.32. The molecule has 0 aliphatic carbocycles. The van der Waals surface area contributed by atoms with Gasteiger partial charge in [0.2, 0.25) is 0 Å². The molecule has 1 N–H and O–H groups in total. The van der Waals surface area contributed by atoms with Crippen LogP contribution in [0.2, 0.25) is 5.02 Å². The van der Waals surface area contributed by atoms with Crippen molar-refractivity contribution in [1.29, 1.82) is 0 Å². The number of esters is 1. The fraction of sp³-hybridized carbons (Fsp3) is 0.389. The van der Waals surface area contributed by atoms with Crippen molar-refractivity contribution in [3.63, 3.8) is 0 Å². The van der Waals surface area contributed by atoms with Crippen LogP contribution in [0.1, 0.15) is 36.3 Å². The highest BCUT2D eigenvalue weighted by molar-refractivity contribution is 7.10. The number of hydrogen-bond acceptors (Lipinski definition) is 5. The van der Waals surface area contributed by atoms with Crippen LogP contribution in [-0.4, -0.2) is 19.2 Å². The molecule has 0 fully saturated rings. The third-order valence-corrected chi connectivity index (χ3v) is 4.89. The topological polar surface area (TPSA) is 47.6 Å². The molecule has 2 aromatic rings. The van der Waals surface area contributed by atoms with Gasteiger partial charge in [0, 0.05) is 23.1 Å². The summed E-state index contributed by atoms with van der Waals surface area (Å²) in [5.41, 5.74) is 1.17. The van der Waals surface area contributed by atoms with E-state index in [4.69, 9.17) is 21.1 Å². The van der Waals surface area contributed by atoms with Crippen LogP contribution in [0.15, 0.2) is 35.7 Å². The number of halogens is 1. The summed E-state index contributed by atoms with van der Waals surface area (Å²) in [7, 11) is 1.76. The number of aryl methyl sites for hydroxylation is 1. The van der Waals surface area contributed by atoms with Gasteiger partial charge in [0.15, 0.2) is 6.23 Å². The van der Waals surface area contributed by atoms with Crippen LogP contribution in [0.4, 0.5) is 0 Å². The maximum absolute atomic E-state index is 11.6. The number of carbonyl (C=O) groups excluding carboxylic acids is 1. The van der Waals surface area contributed by atoms with Crippen LogP contribution in [0, 0.1) is 6.92 Å². The zero-order valence-corrected chi connectivity index (χ0v) is 15.6. The first kappa shape index (κ1) is 18.8. The molecule has 130 valence electrons. The van der Waals surface area contributed by atoms with E-state index in [0.29, 0.717) is 17.9 Å². The van der Waals surface area contributed by atoms with Crippen LogP contribution in [0.25, 0.3) is 0 Å². The quantitative estimate of drug-likeness (QED) is 0.541. The maximum Gasteiger partial charge on any atom is 0.307 e. The van der Waals surface area contributed by atoms with Gasteiger partial charge in [-0.1, -0.05) is 36.2 Å². The van der Waals surface area contributed by atoms with E-state index >= 15 is 0 Å². The van der Waals surface area contributed by atoms with Crippen molar-refractivity contribution in [3.8, 4) is 5.75 Å². The predicted octanol–water partition coefficient (Wildman–Crippen LogP) is 4.72. The van der Waals surface area contributed by atoms with Crippen LogP contribution < -0.4 is 10.1 Å². The lowest BCUT2D eigenvalue weighted by atomic mass is 10.2. The predicted molar refractivity (Wildman–Crippen MR) is 97.7 cm³/mol. The van der Waals surface area contributed by atoms with Gasteiger partial charge in [-0.3, -0.25) is 10.1 Å². The van der Waals surface area contributed by atoms with E-state index in [1.165, 1.54) is 16.9 Å². The number of benzene rings is 1. The van der Waals surface area contributed by atoms with Crippen molar-refractivity contribution in [3.05, 3.63) is 51.2 Å². The van der Waals surface area contributed by atoms with Gasteiger partial charge in [-0.05, 0) is 32.2 Å². The summed E-state index contributed by atoms with van der Waals surface area (Å²) in [5, 5.41) is 5.57. The molecule has 4 nitrogen and oxygen atoms in total. The van der Waals surface area contributed by atoms with Gasteiger partial charge in [-0.15, -0.1) is 11.3 Å². The number of nitrogens with one attached hydrogen (secondary N) is 1. The van der Waals surface area contributed by atoms with E-state index in [-0.39, 0.29) is 12.1 Å². The molecule has 24 heavy (non-hydrogen) atoms. The SMILES string of the molecule is CCC(=O)OC(CC(Oc1ccc(C)cc1)c1cc(Cl)cs1)NC. The summed E-state index contributed by atoms with van der Waals surface area (Å²) in [4.78, 5) is 12.6. The molecule has 0 aliphatic rings. The molecule has 0 saturated carbocycles. The second-order valence-corrected chi connectivity index (χ2v) is 6.82. The van der Waals surface area contributed by atoms with E-state index < -0.39 is 6.23 Å². The Morgan fingerprint density at radius 1 is 1.33 bits per heavy atom. The summed E-state index contributed by atoms with van der Waals surface area (Å²) in [6, 6.07) is 9.76. The third kappa shape index (κ3) is 5.51. The molecule has 0 radical (unpaired) electrons. The van der Waals surface area contributed by atoms with E-state index in [9.17, 15) is 4.79 Å².